The van der Waals surface area contributed by atoms with Crippen molar-refractivity contribution in [3.05, 3.63) is 53.2 Å². The second kappa shape index (κ2) is 6.77. The van der Waals surface area contributed by atoms with Crippen LogP contribution in [0.1, 0.15) is 29.3 Å². The summed E-state index contributed by atoms with van der Waals surface area (Å²) >= 11 is 1.46. The van der Waals surface area contributed by atoms with Gasteiger partial charge in [-0.3, -0.25) is 0 Å². The van der Waals surface area contributed by atoms with Crippen molar-refractivity contribution in [3.63, 3.8) is 0 Å². The summed E-state index contributed by atoms with van der Waals surface area (Å²) in [5.74, 6) is -0.0571. The Kier molecular flexibility index (Phi) is 4.69. The van der Waals surface area contributed by atoms with Gasteiger partial charge in [0.2, 0.25) is 0 Å². The van der Waals surface area contributed by atoms with Gasteiger partial charge in [0.25, 0.3) is 11.8 Å². The molecule has 0 bridgehead atoms. The van der Waals surface area contributed by atoms with Crippen molar-refractivity contribution in [2.75, 3.05) is 6.26 Å². The zero-order chi connectivity index (χ0) is 18.0. The van der Waals surface area contributed by atoms with Crippen molar-refractivity contribution < 1.29 is 22.4 Å². The van der Waals surface area contributed by atoms with E-state index >= 15 is 0 Å². The summed E-state index contributed by atoms with van der Waals surface area (Å²) in [6.45, 7) is 1.62. The van der Waals surface area contributed by atoms with Crippen LogP contribution in [0.25, 0.3) is 10.8 Å². The van der Waals surface area contributed by atoms with Crippen molar-refractivity contribution in [2.24, 2.45) is 0 Å². The molecule has 130 valence electrons. The minimum Gasteiger partial charge on any atom is -0.449 e. The first-order chi connectivity index (χ1) is 11.8. The number of hydrogen-bond donors (Lipinski definition) is 0. The number of nitrogens with zero attached hydrogens (tertiary/aromatic N) is 2. The molecule has 0 saturated carbocycles. The minimum absolute atomic E-state index is 0.134. The maximum atomic E-state index is 12.2. The van der Waals surface area contributed by atoms with E-state index in [1.807, 2.05) is 17.5 Å². The smallest absolute Gasteiger partial charge is 0.338 e. The number of ether oxygens (including phenoxy) is 1. The van der Waals surface area contributed by atoms with Gasteiger partial charge in [-0.25, -0.2) is 13.2 Å². The summed E-state index contributed by atoms with van der Waals surface area (Å²) in [5.41, 5.74) is 0.234. The molecule has 3 aromatic rings. The second-order valence-electron chi connectivity index (χ2n) is 5.27. The lowest BCUT2D eigenvalue weighted by Gasteiger charge is -2.09. The van der Waals surface area contributed by atoms with Gasteiger partial charge in [-0.2, -0.15) is 0 Å². The molecule has 25 heavy (non-hydrogen) atoms. The fraction of sp³-hybridized carbons (Fsp3) is 0.188. The van der Waals surface area contributed by atoms with E-state index < -0.39 is 21.9 Å². The Bertz CT molecular complexity index is 976. The van der Waals surface area contributed by atoms with Crippen LogP contribution in [0, 0.1) is 0 Å². The number of rotatable bonds is 5. The van der Waals surface area contributed by atoms with Crippen molar-refractivity contribution in [3.8, 4) is 10.8 Å². The van der Waals surface area contributed by atoms with E-state index in [0.29, 0.717) is 5.89 Å². The number of hydrogen-bond acceptors (Lipinski definition) is 8. The molecule has 0 unspecified atom stereocenters. The highest BCUT2D eigenvalue weighted by Crippen LogP contribution is 2.26. The molecule has 0 spiro atoms. The SMILES string of the molecule is C[C@@H](OC(=O)c1ccc(S(C)(=O)=O)cc1)c1nnc(-c2cccs2)o1. The monoisotopic (exact) mass is 378 g/mol. The maximum absolute atomic E-state index is 12.2. The van der Waals surface area contributed by atoms with Crippen LogP contribution < -0.4 is 0 Å². The molecule has 3 rings (SSSR count). The number of esters is 1. The highest BCUT2D eigenvalue weighted by molar-refractivity contribution is 7.90. The molecule has 0 amide bonds. The van der Waals surface area contributed by atoms with E-state index in [9.17, 15) is 13.2 Å². The van der Waals surface area contributed by atoms with Crippen LogP contribution in [0.3, 0.4) is 0 Å². The van der Waals surface area contributed by atoms with Gasteiger partial charge in [-0.1, -0.05) is 6.07 Å². The molecule has 1 atom stereocenters. The van der Waals surface area contributed by atoms with E-state index in [4.69, 9.17) is 9.15 Å². The van der Waals surface area contributed by atoms with E-state index in [0.717, 1.165) is 11.1 Å². The third-order valence-corrected chi connectivity index (χ3v) is 5.31. The summed E-state index contributed by atoms with van der Waals surface area (Å²) in [4.78, 5) is 13.1. The second-order valence-corrected chi connectivity index (χ2v) is 8.23. The van der Waals surface area contributed by atoms with Crippen LogP contribution in [0.2, 0.25) is 0 Å². The van der Waals surface area contributed by atoms with Gasteiger partial charge in [-0.05, 0) is 42.6 Å². The Morgan fingerprint density at radius 3 is 2.52 bits per heavy atom. The average Bonchev–Trinajstić information content (AvgIpc) is 3.25. The zero-order valence-electron chi connectivity index (χ0n) is 13.4. The molecule has 0 aliphatic rings. The number of sulfone groups is 1. The predicted molar refractivity (Wildman–Crippen MR) is 91.0 cm³/mol. The Morgan fingerprint density at radius 2 is 1.92 bits per heavy atom. The largest absolute Gasteiger partial charge is 0.449 e. The van der Waals surface area contributed by atoms with E-state index in [1.165, 1.54) is 35.6 Å². The van der Waals surface area contributed by atoms with Crippen molar-refractivity contribution in [1.29, 1.82) is 0 Å². The first kappa shape index (κ1) is 17.3. The first-order valence-corrected chi connectivity index (χ1v) is 10.00. The van der Waals surface area contributed by atoms with E-state index in [1.54, 1.807) is 6.92 Å². The number of aromatic nitrogens is 2. The number of carbonyl (C=O) groups excluding carboxylic acids is 1. The van der Waals surface area contributed by atoms with Gasteiger partial charge in [-0.15, -0.1) is 21.5 Å². The van der Waals surface area contributed by atoms with Gasteiger partial charge < -0.3 is 9.15 Å². The Labute approximate surface area is 148 Å². The maximum Gasteiger partial charge on any atom is 0.338 e. The molecule has 0 saturated heterocycles. The summed E-state index contributed by atoms with van der Waals surface area (Å²) < 4.78 is 33.7. The number of thiophene rings is 1. The Morgan fingerprint density at radius 1 is 1.20 bits per heavy atom. The fourth-order valence-corrected chi connectivity index (χ4v) is 3.29. The molecular formula is C16H14N2O5S2. The van der Waals surface area contributed by atoms with Gasteiger partial charge in [0.1, 0.15) is 0 Å². The predicted octanol–water partition coefficient (Wildman–Crippen LogP) is 3.12. The Balaban J connectivity index is 1.70. The van der Waals surface area contributed by atoms with Gasteiger partial charge in [0, 0.05) is 6.26 Å². The molecule has 2 aromatic heterocycles. The summed E-state index contributed by atoms with van der Waals surface area (Å²) in [5, 5.41) is 9.72. The Hall–Kier alpha value is -2.52. The van der Waals surface area contributed by atoms with Crippen LogP contribution in [0.15, 0.2) is 51.1 Å². The van der Waals surface area contributed by atoms with Crippen molar-refractivity contribution in [1.82, 2.24) is 10.2 Å². The summed E-state index contributed by atoms with van der Waals surface area (Å²) in [6, 6.07) is 9.23. The van der Waals surface area contributed by atoms with Crippen LogP contribution in [-0.2, 0) is 14.6 Å². The lowest BCUT2D eigenvalue weighted by atomic mass is 10.2. The normalized spacial score (nSPS) is 12.7. The lowest BCUT2D eigenvalue weighted by molar-refractivity contribution is 0.0280. The summed E-state index contributed by atoms with van der Waals surface area (Å²) in [7, 11) is -3.31. The number of benzene rings is 1. The van der Waals surface area contributed by atoms with E-state index in [-0.39, 0.29) is 16.3 Å². The third kappa shape index (κ3) is 3.94. The van der Waals surface area contributed by atoms with E-state index in [2.05, 4.69) is 10.2 Å². The molecule has 0 N–H and O–H groups in total. The fourth-order valence-electron chi connectivity index (χ4n) is 2.02. The average molecular weight is 378 g/mol. The van der Waals surface area contributed by atoms with Crippen LogP contribution in [0.4, 0.5) is 0 Å². The standard InChI is InChI=1S/C16H14N2O5S2/c1-10(14-17-18-15(23-14)13-4-3-9-24-13)22-16(19)11-5-7-12(8-6-11)25(2,20)21/h3-10H,1-2H3/t10-/m1/s1. The molecule has 0 fully saturated rings. The number of carbonyl (C=O) groups is 1. The summed E-state index contributed by atoms with van der Waals surface area (Å²) in [6.07, 6.45) is 0.367. The molecular weight excluding hydrogens is 364 g/mol. The minimum atomic E-state index is -3.31. The highest BCUT2D eigenvalue weighted by atomic mass is 32.2. The van der Waals surface area contributed by atoms with Crippen LogP contribution in [0.5, 0.6) is 0 Å². The van der Waals surface area contributed by atoms with Gasteiger partial charge in [0.15, 0.2) is 15.9 Å². The molecule has 2 heterocycles. The molecule has 0 aliphatic carbocycles. The highest BCUT2D eigenvalue weighted by Gasteiger charge is 2.20. The zero-order valence-corrected chi connectivity index (χ0v) is 15.0. The molecule has 0 aliphatic heterocycles. The van der Waals surface area contributed by atoms with Gasteiger partial charge >= 0.3 is 5.97 Å². The van der Waals surface area contributed by atoms with Crippen LogP contribution in [-0.4, -0.2) is 30.8 Å². The van der Waals surface area contributed by atoms with Crippen LogP contribution >= 0.6 is 11.3 Å². The molecule has 7 nitrogen and oxygen atoms in total. The lowest BCUT2D eigenvalue weighted by Crippen LogP contribution is -2.10. The topological polar surface area (TPSA) is 99.4 Å². The van der Waals surface area contributed by atoms with Gasteiger partial charge in [0.05, 0.1) is 15.3 Å². The quantitative estimate of drug-likeness (QED) is 0.629. The molecule has 0 radical (unpaired) electrons. The third-order valence-electron chi connectivity index (χ3n) is 3.32. The molecule has 9 heteroatoms. The van der Waals surface area contributed by atoms with Crippen molar-refractivity contribution in [2.45, 2.75) is 17.9 Å². The molecule has 1 aromatic carbocycles. The van der Waals surface area contributed by atoms with Crippen molar-refractivity contribution >= 4 is 27.1 Å². The first-order valence-electron chi connectivity index (χ1n) is 7.23.